The maximum Gasteiger partial charge on any atom is 0.408 e. The average Bonchev–Trinajstić information content (AvgIpc) is 2.24. The fraction of sp³-hybridized carbons (Fsp3) is 0.769. The quantitative estimate of drug-likeness (QED) is 0.811. The van der Waals surface area contributed by atoms with Gasteiger partial charge in [-0.15, -0.1) is 0 Å². The molecule has 7 heteroatoms. The largest absolute Gasteiger partial charge is 0.444 e. The van der Waals surface area contributed by atoms with Crippen molar-refractivity contribution in [3.05, 3.63) is 0 Å². The maximum absolute atomic E-state index is 12.1. The summed E-state index contributed by atoms with van der Waals surface area (Å²) >= 11 is 0. The lowest BCUT2D eigenvalue weighted by Crippen LogP contribution is -2.58. The third kappa shape index (κ3) is 4.70. The Labute approximate surface area is 118 Å². The molecule has 1 unspecified atom stereocenters. The van der Waals surface area contributed by atoms with Gasteiger partial charge in [0.05, 0.1) is 18.6 Å². The van der Waals surface area contributed by atoms with Crippen LogP contribution in [0.25, 0.3) is 0 Å². The van der Waals surface area contributed by atoms with Crippen molar-refractivity contribution >= 4 is 12.0 Å². The van der Waals surface area contributed by atoms with Crippen molar-refractivity contribution in [2.24, 2.45) is 5.92 Å². The molecule has 0 aromatic heterocycles. The monoisotopic (exact) mass is 283 g/mol. The van der Waals surface area contributed by atoms with Crippen LogP contribution < -0.4 is 5.32 Å². The fourth-order valence-corrected chi connectivity index (χ4v) is 1.75. The molecule has 1 atom stereocenters. The first-order valence-corrected chi connectivity index (χ1v) is 6.43. The van der Waals surface area contributed by atoms with Crippen LogP contribution in [0, 0.1) is 17.2 Å². The van der Waals surface area contributed by atoms with Gasteiger partial charge in [-0.25, -0.2) is 4.79 Å². The van der Waals surface area contributed by atoms with E-state index >= 15 is 0 Å². The highest BCUT2D eigenvalue weighted by Crippen LogP contribution is 2.16. The number of rotatable bonds is 4. The van der Waals surface area contributed by atoms with Crippen LogP contribution in [0.1, 0.15) is 20.8 Å². The topological polar surface area (TPSA) is 91.7 Å². The molecule has 0 saturated carbocycles. The highest BCUT2D eigenvalue weighted by atomic mass is 16.6. The van der Waals surface area contributed by atoms with Gasteiger partial charge in [0, 0.05) is 20.2 Å². The van der Waals surface area contributed by atoms with Crippen LogP contribution in [0.2, 0.25) is 0 Å². The summed E-state index contributed by atoms with van der Waals surface area (Å²) in [6.07, 6.45) is -0.662. The number of methoxy groups -OCH3 is 1. The lowest BCUT2D eigenvalue weighted by atomic mass is 10.0. The van der Waals surface area contributed by atoms with Crippen LogP contribution in [0.3, 0.4) is 0 Å². The van der Waals surface area contributed by atoms with Gasteiger partial charge in [-0.3, -0.25) is 4.79 Å². The van der Waals surface area contributed by atoms with Gasteiger partial charge in [0.25, 0.3) is 0 Å². The zero-order valence-corrected chi connectivity index (χ0v) is 12.3. The highest BCUT2D eigenvalue weighted by Gasteiger charge is 2.35. The van der Waals surface area contributed by atoms with E-state index in [0.717, 1.165) is 0 Å². The summed E-state index contributed by atoms with van der Waals surface area (Å²) in [6.45, 7) is 6.08. The molecule has 1 fully saturated rings. The Morgan fingerprint density at radius 1 is 1.45 bits per heavy atom. The van der Waals surface area contributed by atoms with E-state index in [0.29, 0.717) is 13.1 Å². The lowest BCUT2D eigenvalue weighted by molar-refractivity contribution is -0.139. The molecule has 1 rings (SSSR count). The predicted octanol–water partition coefficient (Wildman–Crippen LogP) is 0.508. The molecule has 0 aromatic rings. The Morgan fingerprint density at radius 3 is 2.50 bits per heavy atom. The maximum atomic E-state index is 12.1. The smallest absolute Gasteiger partial charge is 0.408 e. The molecule has 2 amide bonds. The Morgan fingerprint density at radius 2 is 2.05 bits per heavy atom. The number of alkyl carbamates (subject to hydrolysis) is 1. The zero-order valence-electron chi connectivity index (χ0n) is 12.3. The Kier molecular flexibility index (Phi) is 5.34. The fourth-order valence-electron chi connectivity index (χ4n) is 1.75. The minimum Gasteiger partial charge on any atom is -0.444 e. The van der Waals surface area contributed by atoms with Crippen molar-refractivity contribution in [1.82, 2.24) is 10.2 Å². The van der Waals surface area contributed by atoms with Gasteiger partial charge < -0.3 is 19.7 Å². The van der Waals surface area contributed by atoms with Gasteiger partial charge in [-0.05, 0) is 20.8 Å². The second-order valence-corrected chi connectivity index (χ2v) is 5.72. The lowest BCUT2D eigenvalue weighted by Gasteiger charge is -2.37. The Hall–Kier alpha value is -1.81. The van der Waals surface area contributed by atoms with Crippen molar-refractivity contribution in [3.8, 4) is 6.07 Å². The first kappa shape index (κ1) is 16.2. The van der Waals surface area contributed by atoms with Gasteiger partial charge in [0.1, 0.15) is 11.6 Å². The molecule has 1 saturated heterocycles. The third-order valence-electron chi connectivity index (χ3n) is 2.70. The van der Waals surface area contributed by atoms with Crippen LogP contribution in [-0.2, 0) is 14.3 Å². The molecule has 7 nitrogen and oxygen atoms in total. The molecule has 112 valence electrons. The molecular weight excluding hydrogens is 262 g/mol. The van der Waals surface area contributed by atoms with Crippen molar-refractivity contribution in [2.75, 3.05) is 26.8 Å². The average molecular weight is 283 g/mol. The minimum absolute atomic E-state index is 0.0613. The Balaban J connectivity index is 2.54. The van der Waals surface area contributed by atoms with Gasteiger partial charge >= 0.3 is 6.09 Å². The summed E-state index contributed by atoms with van der Waals surface area (Å²) in [5, 5.41) is 11.2. The number of carbonyl (C=O) groups excluding carboxylic acids is 2. The number of likely N-dealkylation sites (tertiary alicyclic amines) is 1. The molecule has 0 radical (unpaired) electrons. The summed E-state index contributed by atoms with van der Waals surface area (Å²) < 4.78 is 10.1. The SMILES string of the molecule is COCC(NC(=O)OC(C)(C)C)C(=O)N1CC(C#N)C1. The summed E-state index contributed by atoms with van der Waals surface area (Å²) in [5.41, 5.74) is -0.632. The third-order valence-corrected chi connectivity index (χ3v) is 2.70. The first-order valence-electron chi connectivity index (χ1n) is 6.43. The molecule has 0 aromatic carbocycles. The molecule has 1 aliphatic heterocycles. The van der Waals surface area contributed by atoms with E-state index in [1.807, 2.05) is 0 Å². The normalized spacial score (nSPS) is 16.9. The number of nitrogens with one attached hydrogen (secondary N) is 1. The van der Waals surface area contributed by atoms with Crippen molar-refractivity contribution in [3.63, 3.8) is 0 Å². The number of amides is 2. The van der Waals surface area contributed by atoms with E-state index in [1.165, 1.54) is 12.0 Å². The molecule has 0 spiro atoms. The zero-order chi connectivity index (χ0) is 15.3. The van der Waals surface area contributed by atoms with Gasteiger partial charge in [-0.2, -0.15) is 5.26 Å². The van der Waals surface area contributed by atoms with Gasteiger partial charge in [-0.1, -0.05) is 0 Å². The molecule has 1 N–H and O–H groups in total. The van der Waals surface area contributed by atoms with E-state index in [2.05, 4.69) is 11.4 Å². The van der Waals surface area contributed by atoms with E-state index < -0.39 is 17.7 Å². The number of hydrogen-bond acceptors (Lipinski definition) is 5. The van der Waals surface area contributed by atoms with Crippen LogP contribution in [0.15, 0.2) is 0 Å². The van der Waals surface area contributed by atoms with Crippen molar-refractivity contribution in [2.45, 2.75) is 32.4 Å². The van der Waals surface area contributed by atoms with Crippen LogP contribution in [-0.4, -0.2) is 55.3 Å². The van der Waals surface area contributed by atoms with Crippen molar-refractivity contribution in [1.29, 1.82) is 5.26 Å². The van der Waals surface area contributed by atoms with E-state index in [4.69, 9.17) is 14.7 Å². The molecular formula is C13H21N3O4. The minimum atomic E-state index is -0.797. The number of carbonyl (C=O) groups is 2. The summed E-state index contributed by atoms with van der Waals surface area (Å²) in [7, 11) is 1.45. The molecule has 0 bridgehead atoms. The summed E-state index contributed by atoms with van der Waals surface area (Å²) in [4.78, 5) is 25.4. The van der Waals surface area contributed by atoms with Crippen LogP contribution in [0.4, 0.5) is 4.79 Å². The van der Waals surface area contributed by atoms with Crippen molar-refractivity contribution < 1.29 is 19.1 Å². The molecule has 20 heavy (non-hydrogen) atoms. The Bertz CT molecular complexity index is 405. The standard InChI is InChI=1S/C13H21N3O4/c1-13(2,3)20-12(18)15-10(8-19-4)11(17)16-6-9(5-14)7-16/h9-10H,6-8H2,1-4H3,(H,15,18). The second-order valence-electron chi connectivity index (χ2n) is 5.72. The molecule has 1 aliphatic rings. The molecule has 0 aliphatic carbocycles. The first-order chi connectivity index (χ1) is 9.26. The number of nitriles is 1. The highest BCUT2D eigenvalue weighted by molar-refractivity contribution is 5.86. The number of hydrogen-bond donors (Lipinski definition) is 1. The number of ether oxygens (including phenoxy) is 2. The van der Waals surface area contributed by atoms with Crippen LogP contribution >= 0.6 is 0 Å². The van der Waals surface area contributed by atoms with E-state index in [9.17, 15) is 9.59 Å². The van der Waals surface area contributed by atoms with Gasteiger partial charge in [0.2, 0.25) is 5.91 Å². The second kappa shape index (κ2) is 6.57. The number of nitrogens with zero attached hydrogens (tertiary/aromatic N) is 2. The summed E-state index contributed by atoms with van der Waals surface area (Å²) in [6, 6.07) is 1.30. The van der Waals surface area contributed by atoms with Gasteiger partial charge in [0.15, 0.2) is 0 Å². The van der Waals surface area contributed by atoms with Crippen LogP contribution in [0.5, 0.6) is 0 Å². The van der Waals surface area contributed by atoms with E-state index in [1.54, 1.807) is 20.8 Å². The van der Waals surface area contributed by atoms with E-state index in [-0.39, 0.29) is 18.4 Å². The molecule has 1 heterocycles. The predicted molar refractivity (Wildman–Crippen MR) is 70.7 cm³/mol. The summed E-state index contributed by atoms with van der Waals surface area (Å²) in [5.74, 6) is -0.382.